The van der Waals surface area contributed by atoms with Crippen LogP contribution in [0, 0.1) is 5.92 Å². The summed E-state index contributed by atoms with van der Waals surface area (Å²) in [5.41, 5.74) is 3.71. The number of carboxylic acids is 1. The van der Waals surface area contributed by atoms with Crippen molar-refractivity contribution in [3.8, 4) is 22.5 Å². The Labute approximate surface area is 199 Å². The average molecular weight is 468 g/mol. The maximum absolute atomic E-state index is 12.9. The third-order valence-electron chi connectivity index (χ3n) is 5.43. The first-order valence-corrected chi connectivity index (χ1v) is 11.3. The minimum absolute atomic E-state index is 0.125. The molecule has 3 rings (SSSR count). The van der Waals surface area contributed by atoms with Gasteiger partial charge in [-0.05, 0) is 39.5 Å². The third-order valence-corrected chi connectivity index (χ3v) is 5.43. The molecule has 2 aromatic carbocycles. The number of rotatable bonds is 10. The number of nitrogens with one attached hydrogen (secondary N) is 1. The second-order valence-electron chi connectivity index (χ2n) is 8.14. The number of aliphatic carboxylic acids is 1. The fourth-order valence-electron chi connectivity index (χ4n) is 3.79. The van der Waals surface area contributed by atoms with Gasteiger partial charge in [0.2, 0.25) is 5.91 Å². The van der Waals surface area contributed by atoms with Crippen LogP contribution in [0.3, 0.4) is 0 Å². The molecule has 0 radical (unpaired) electrons. The topological polar surface area (TPSA) is 132 Å². The van der Waals surface area contributed by atoms with Crippen LogP contribution in [0.4, 0.5) is 0 Å². The maximum Gasteiger partial charge on any atom is 0.326 e. The molecule has 1 heterocycles. The minimum atomic E-state index is -0.976. The number of carboxylic acid groups (broad SMARTS) is 1. The highest BCUT2D eigenvalue weighted by Crippen LogP contribution is 2.30. The summed E-state index contributed by atoms with van der Waals surface area (Å²) >= 11 is 0. The van der Waals surface area contributed by atoms with Gasteiger partial charge in [0.25, 0.3) is 0 Å². The minimum Gasteiger partial charge on any atom is -0.480 e. The van der Waals surface area contributed by atoms with Crippen LogP contribution < -0.4 is 0 Å². The molecule has 182 valence electrons. The van der Waals surface area contributed by atoms with E-state index in [0.29, 0.717) is 12.2 Å². The monoisotopic (exact) mass is 467 g/mol. The summed E-state index contributed by atoms with van der Waals surface area (Å²) < 4.78 is 0. The summed E-state index contributed by atoms with van der Waals surface area (Å²) in [5, 5.41) is 30.9. The van der Waals surface area contributed by atoms with E-state index in [-0.39, 0.29) is 18.4 Å². The van der Waals surface area contributed by atoms with Crippen LogP contribution >= 0.6 is 0 Å². The van der Waals surface area contributed by atoms with Crippen LogP contribution in [0.25, 0.3) is 22.5 Å². The molecule has 3 aromatic rings. The van der Waals surface area contributed by atoms with E-state index in [1.165, 1.54) is 4.90 Å². The normalized spacial score (nSPS) is 11.5. The number of carbonyl (C=O) groups is 2. The van der Waals surface area contributed by atoms with Crippen LogP contribution in [-0.2, 0) is 16.1 Å². The molecular formula is C25H33N5O4. The van der Waals surface area contributed by atoms with E-state index in [9.17, 15) is 14.7 Å². The number of amides is 1. The fraction of sp³-hybridized carbons (Fsp3) is 0.400. The van der Waals surface area contributed by atoms with Gasteiger partial charge in [-0.1, -0.05) is 75.7 Å². The molecule has 9 nitrogen and oxygen atoms in total. The predicted molar refractivity (Wildman–Crippen MR) is 130 cm³/mol. The Morgan fingerprint density at radius 1 is 1.03 bits per heavy atom. The number of H-pyrrole nitrogens is 1. The quantitative estimate of drug-likeness (QED) is 0.413. The van der Waals surface area contributed by atoms with E-state index < -0.39 is 12.0 Å². The van der Waals surface area contributed by atoms with E-state index in [2.05, 4.69) is 20.6 Å². The van der Waals surface area contributed by atoms with Crippen LogP contribution in [0.2, 0.25) is 0 Å². The zero-order valence-corrected chi connectivity index (χ0v) is 20.1. The molecule has 34 heavy (non-hydrogen) atoms. The molecule has 0 aliphatic carbocycles. The smallest absolute Gasteiger partial charge is 0.326 e. The van der Waals surface area contributed by atoms with Crippen LogP contribution in [0.5, 0.6) is 0 Å². The highest BCUT2D eigenvalue weighted by molar-refractivity contribution is 5.84. The molecule has 1 aromatic heterocycles. The number of aromatic nitrogens is 4. The van der Waals surface area contributed by atoms with Crippen molar-refractivity contribution >= 4 is 11.9 Å². The molecule has 0 fully saturated rings. The molecule has 0 spiro atoms. The second-order valence-corrected chi connectivity index (χ2v) is 8.14. The lowest BCUT2D eigenvalue weighted by Gasteiger charge is -2.32. The second kappa shape index (κ2) is 13.2. The summed E-state index contributed by atoms with van der Waals surface area (Å²) in [7, 11) is 1.00. The maximum atomic E-state index is 12.9. The van der Waals surface area contributed by atoms with Gasteiger partial charge in [0.05, 0.1) is 0 Å². The summed E-state index contributed by atoms with van der Waals surface area (Å²) in [5.74, 6) is -0.713. The Kier molecular flexibility index (Phi) is 10.3. The highest BCUT2D eigenvalue weighted by Gasteiger charge is 2.32. The molecule has 1 unspecified atom stereocenters. The van der Waals surface area contributed by atoms with E-state index in [1.807, 2.05) is 69.3 Å². The van der Waals surface area contributed by atoms with Crippen molar-refractivity contribution in [1.82, 2.24) is 25.5 Å². The molecule has 1 atom stereocenters. The van der Waals surface area contributed by atoms with Crippen LogP contribution in [0.1, 0.15) is 45.6 Å². The lowest BCUT2D eigenvalue weighted by Crippen LogP contribution is -2.47. The number of benzene rings is 2. The zero-order valence-electron chi connectivity index (χ0n) is 20.1. The van der Waals surface area contributed by atoms with E-state index >= 15 is 0 Å². The number of hydrogen-bond donors (Lipinski definition) is 3. The highest BCUT2D eigenvalue weighted by atomic mass is 16.4. The van der Waals surface area contributed by atoms with Gasteiger partial charge in [0.15, 0.2) is 5.82 Å². The Hall–Kier alpha value is -3.59. The van der Waals surface area contributed by atoms with Gasteiger partial charge in [-0.3, -0.25) is 4.79 Å². The van der Waals surface area contributed by atoms with Crippen LogP contribution in [0.15, 0.2) is 48.5 Å². The molecular weight excluding hydrogens is 434 g/mol. The first kappa shape index (κ1) is 26.7. The Balaban J connectivity index is 0.00000199. The van der Waals surface area contributed by atoms with Crippen molar-refractivity contribution in [2.75, 3.05) is 7.11 Å². The number of aliphatic hydroxyl groups is 1. The molecule has 0 saturated carbocycles. The zero-order chi connectivity index (χ0) is 25.1. The van der Waals surface area contributed by atoms with Gasteiger partial charge in [-0.15, -0.1) is 5.10 Å². The van der Waals surface area contributed by atoms with E-state index in [0.717, 1.165) is 42.2 Å². The lowest BCUT2D eigenvalue weighted by atomic mass is 9.97. The summed E-state index contributed by atoms with van der Waals surface area (Å²) in [6, 6.07) is 14.8. The Morgan fingerprint density at radius 3 is 2.21 bits per heavy atom. The van der Waals surface area contributed by atoms with Crippen molar-refractivity contribution in [2.24, 2.45) is 5.92 Å². The van der Waals surface area contributed by atoms with Crippen molar-refractivity contribution < 1.29 is 19.8 Å². The van der Waals surface area contributed by atoms with Gasteiger partial charge >= 0.3 is 5.97 Å². The number of aromatic amines is 1. The molecule has 0 aliphatic heterocycles. The Bertz CT molecular complexity index is 1040. The van der Waals surface area contributed by atoms with Crippen molar-refractivity contribution in [1.29, 1.82) is 0 Å². The van der Waals surface area contributed by atoms with Crippen molar-refractivity contribution in [2.45, 2.75) is 52.6 Å². The van der Waals surface area contributed by atoms with Crippen LogP contribution in [-0.4, -0.2) is 60.8 Å². The van der Waals surface area contributed by atoms with E-state index in [1.54, 1.807) is 0 Å². The number of tetrazole rings is 1. The third kappa shape index (κ3) is 6.71. The average Bonchev–Trinajstić information content (AvgIpc) is 3.38. The molecule has 0 saturated heterocycles. The van der Waals surface area contributed by atoms with E-state index in [4.69, 9.17) is 5.11 Å². The molecule has 0 bridgehead atoms. The molecule has 1 amide bonds. The summed E-state index contributed by atoms with van der Waals surface area (Å²) in [6.45, 7) is 5.93. The fourth-order valence-corrected chi connectivity index (χ4v) is 3.79. The first-order valence-electron chi connectivity index (χ1n) is 11.3. The molecule has 3 N–H and O–H groups in total. The van der Waals surface area contributed by atoms with Crippen molar-refractivity contribution in [3.05, 3.63) is 54.1 Å². The van der Waals surface area contributed by atoms with Gasteiger partial charge < -0.3 is 15.1 Å². The molecule has 0 aliphatic rings. The predicted octanol–water partition coefficient (Wildman–Crippen LogP) is 3.77. The number of nitrogens with zero attached hydrogens (tertiary/aromatic N) is 4. The van der Waals surface area contributed by atoms with Gasteiger partial charge in [0, 0.05) is 25.6 Å². The lowest BCUT2D eigenvalue weighted by molar-refractivity contribution is -0.153. The first-order chi connectivity index (χ1) is 16.4. The largest absolute Gasteiger partial charge is 0.480 e. The van der Waals surface area contributed by atoms with Crippen molar-refractivity contribution in [3.63, 3.8) is 0 Å². The SMILES string of the molecule is CCCCC(=O)N(Cc1ccc(-c2ccccc2-c2nnn[nH]2)cc1)C(C(=O)O)C(C)C.CO. The molecule has 9 heteroatoms. The number of unbranched alkanes of at least 4 members (excludes halogenated alkanes) is 1. The standard InChI is InChI=1S/C24H29N5O3.CH4O/c1-4-5-10-21(30)29(22(16(2)3)24(31)32)15-17-11-13-18(14-12-17)19-8-6-7-9-20(19)23-25-27-28-26-23;1-2/h6-9,11-14,16,22H,4-5,10,15H2,1-3H3,(H,31,32)(H,25,26,27,28);2H,1H3. The summed E-state index contributed by atoms with van der Waals surface area (Å²) in [4.78, 5) is 26.3. The van der Waals surface area contributed by atoms with Gasteiger partial charge in [0.1, 0.15) is 6.04 Å². The number of hydrogen-bond acceptors (Lipinski definition) is 6. The summed E-state index contributed by atoms with van der Waals surface area (Å²) in [6.07, 6.45) is 1.98. The number of aliphatic hydroxyl groups excluding tert-OH is 1. The number of carbonyl (C=O) groups excluding carboxylic acids is 1. The van der Waals surface area contributed by atoms with Gasteiger partial charge in [-0.2, -0.15) is 0 Å². The van der Waals surface area contributed by atoms with Gasteiger partial charge in [-0.25, -0.2) is 9.89 Å². The Morgan fingerprint density at radius 2 is 1.68 bits per heavy atom.